The lowest BCUT2D eigenvalue weighted by atomic mass is 9.79. The Morgan fingerprint density at radius 1 is 1.21 bits per heavy atom. The molecule has 0 bridgehead atoms. The van der Waals surface area contributed by atoms with Crippen LogP contribution in [0.3, 0.4) is 0 Å². The molecule has 1 aliphatic rings. The predicted molar refractivity (Wildman–Crippen MR) is 67.8 cm³/mol. The van der Waals surface area contributed by atoms with Gasteiger partial charge in [-0.05, 0) is 37.2 Å². The summed E-state index contributed by atoms with van der Waals surface area (Å²) < 4.78 is 6.67. The SMILES string of the molecule is Nc1c[n+](CC2CCC(c3cncnc3)CC2)no1. The molecule has 1 saturated carbocycles. The summed E-state index contributed by atoms with van der Waals surface area (Å²) in [6.07, 6.45) is 12.0. The predicted octanol–water partition coefficient (Wildman–Crippen LogP) is 1.31. The van der Waals surface area contributed by atoms with Crippen LogP contribution < -0.4 is 10.4 Å². The largest absolute Gasteiger partial charge is 0.362 e. The van der Waals surface area contributed by atoms with Gasteiger partial charge in [0.05, 0.1) is 0 Å². The second-order valence-electron chi connectivity index (χ2n) is 5.22. The average Bonchev–Trinajstić information content (AvgIpc) is 2.86. The highest BCUT2D eigenvalue weighted by molar-refractivity contribution is 5.12. The van der Waals surface area contributed by atoms with Gasteiger partial charge in [0.25, 0.3) is 12.1 Å². The zero-order chi connectivity index (χ0) is 13.1. The smallest absolute Gasteiger partial charge is 0.293 e. The van der Waals surface area contributed by atoms with E-state index in [1.165, 1.54) is 31.2 Å². The van der Waals surface area contributed by atoms with Gasteiger partial charge in [-0.3, -0.25) is 4.52 Å². The summed E-state index contributed by atoms with van der Waals surface area (Å²) in [7, 11) is 0. The van der Waals surface area contributed by atoms with Crippen molar-refractivity contribution in [1.82, 2.24) is 15.2 Å². The topological polar surface area (TPSA) is 81.7 Å². The van der Waals surface area contributed by atoms with E-state index < -0.39 is 0 Å². The third-order valence-corrected chi connectivity index (χ3v) is 3.87. The highest BCUT2D eigenvalue weighted by Gasteiger charge is 2.26. The molecule has 3 rings (SSSR count). The van der Waals surface area contributed by atoms with Crippen molar-refractivity contribution in [3.05, 3.63) is 30.5 Å². The van der Waals surface area contributed by atoms with Crippen LogP contribution in [0.2, 0.25) is 0 Å². The molecule has 2 aromatic heterocycles. The summed E-state index contributed by atoms with van der Waals surface area (Å²) in [5, 5.41) is 3.88. The Morgan fingerprint density at radius 2 is 1.95 bits per heavy atom. The molecule has 1 fully saturated rings. The van der Waals surface area contributed by atoms with E-state index in [1.54, 1.807) is 17.2 Å². The Labute approximate surface area is 111 Å². The van der Waals surface area contributed by atoms with E-state index in [2.05, 4.69) is 15.2 Å². The van der Waals surface area contributed by atoms with Gasteiger partial charge in [-0.2, -0.15) is 0 Å². The quantitative estimate of drug-likeness (QED) is 0.841. The molecule has 0 saturated heterocycles. The van der Waals surface area contributed by atoms with Gasteiger partial charge in [-0.15, -0.1) is 0 Å². The molecule has 1 aliphatic carbocycles. The molecule has 0 atom stereocenters. The molecule has 0 unspecified atom stereocenters. The van der Waals surface area contributed by atoms with Crippen LogP contribution in [0.5, 0.6) is 0 Å². The number of rotatable bonds is 3. The molecule has 2 N–H and O–H groups in total. The first-order chi connectivity index (χ1) is 9.31. The third-order valence-electron chi connectivity index (χ3n) is 3.87. The lowest BCUT2D eigenvalue weighted by molar-refractivity contribution is -0.767. The zero-order valence-electron chi connectivity index (χ0n) is 10.8. The summed E-state index contributed by atoms with van der Waals surface area (Å²) in [6, 6.07) is 0. The van der Waals surface area contributed by atoms with Crippen molar-refractivity contribution in [2.24, 2.45) is 5.92 Å². The van der Waals surface area contributed by atoms with E-state index in [0.29, 0.717) is 17.7 Å². The monoisotopic (exact) mass is 260 g/mol. The fraction of sp³-hybridized carbons (Fsp3) is 0.538. The van der Waals surface area contributed by atoms with E-state index >= 15 is 0 Å². The zero-order valence-corrected chi connectivity index (χ0v) is 10.8. The number of aromatic nitrogens is 4. The van der Waals surface area contributed by atoms with Gasteiger partial charge in [-0.1, -0.05) is 4.68 Å². The van der Waals surface area contributed by atoms with Crippen LogP contribution >= 0.6 is 0 Å². The van der Waals surface area contributed by atoms with Crippen LogP contribution in [0.1, 0.15) is 37.2 Å². The minimum atomic E-state index is 0.370. The second-order valence-corrected chi connectivity index (χ2v) is 5.22. The third kappa shape index (κ3) is 2.89. The Balaban J connectivity index is 1.55. The van der Waals surface area contributed by atoms with Gasteiger partial charge in [0.1, 0.15) is 6.33 Å². The highest BCUT2D eigenvalue weighted by atomic mass is 16.5. The highest BCUT2D eigenvalue weighted by Crippen LogP contribution is 2.35. The van der Waals surface area contributed by atoms with Crippen LogP contribution in [-0.2, 0) is 6.54 Å². The minimum Gasteiger partial charge on any atom is -0.362 e. The molecule has 19 heavy (non-hydrogen) atoms. The molecule has 6 nitrogen and oxygen atoms in total. The second kappa shape index (κ2) is 5.34. The van der Waals surface area contributed by atoms with Crippen molar-refractivity contribution in [2.45, 2.75) is 38.1 Å². The summed E-state index contributed by atoms with van der Waals surface area (Å²) in [4.78, 5) is 8.20. The molecule has 6 heteroatoms. The van der Waals surface area contributed by atoms with Crippen LogP contribution in [0, 0.1) is 5.92 Å². The first-order valence-electron chi connectivity index (χ1n) is 6.68. The Kier molecular flexibility index (Phi) is 3.39. The van der Waals surface area contributed by atoms with E-state index in [-0.39, 0.29) is 0 Å². The number of hydrogen-bond donors (Lipinski definition) is 1. The van der Waals surface area contributed by atoms with Crippen molar-refractivity contribution < 1.29 is 9.20 Å². The lowest BCUT2D eigenvalue weighted by Crippen LogP contribution is -2.39. The molecule has 0 radical (unpaired) electrons. The number of hydrogen-bond acceptors (Lipinski definition) is 5. The Morgan fingerprint density at radius 3 is 2.58 bits per heavy atom. The van der Waals surface area contributed by atoms with Crippen molar-refractivity contribution in [2.75, 3.05) is 5.73 Å². The fourth-order valence-corrected chi connectivity index (χ4v) is 2.84. The van der Waals surface area contributed by atoms with E-state index in [1.807, 2.05) is 12.4 Å². The van der Waals surface area contributed by atoms with Crippen molar-refractivity contribution in [3.63, 3.8) is 0 Å². The summed E-state index contributed by atoms with van der Waals surface area (Å²) in [5.74, 6) is 1.62. The van der Waals surface area contributed by atoms with Gasteiger partial charge in [0.15, 0.2) is 6.54 Å². The molecule has 100 valence electrons. The van der Waals surface area contributed by atoms with Crippen molar-refractivity contribution in [3.8, 4) is 0 Å². The molecule has 0 spiro atoms. The molecular formula is C13H18N5O+. The average molecular weight is 260 g/mol. The number of nitrogens with zero attached hydrogens (tertiary/aromatic N) is 4. The Bertz CT molecular complexity index is 519. The Hall–Kier alpha value is -1.98. The van der Waals surface area contributed by atoms with Gasteiger partial charge in [0, 0.05) is 18.3 Å². The normalized spacial score (nSPS) is 23.4. The van der Waals surface area contributed by atoms with Crippen LogP contribution in [0.15, 0.2) is 29.4 Å². The van der Waals surface area contributed by atoms with Gasteiger partial charge in [0.2, 0.25) is 5.27 Å². The lowest BCUT2D eigenvalue weighted by Gasteiger charge is -2.25. The van der Waals surface area contributed by atoms with Crippen LogP contribution in [0.25, 0.3) is 0 Å². The first-order valence-corrected chi connectivity index (χ1v) is 6.68. The van der Waals surface area contributed by atoms with E-state index in [0.717, 1.165) is 6.54 Å². The van der Waals surface area contributed by atoms with Crippen molar-refractivity contribution >= 4 is 5.88 Å². The van der Waals surface area contributed by atoms with Crippen LogP contribution in [-0.4, -0.2) is 15.2 Å². The van der Waals surface area contributed by atoms with Crippen LogP contribution in [0.4, 0.5) is 5.88 Å². The molecule has 0 aromatic carbocycles. The summed E-state index contributed by atoms with van der Waals surface area (Å²) >= 11 is 0. The van der Waals surface area contributed by atoms with Crippen molar-refractivity contribution in [1.29, 1.82) is 0 Å². The first kappa shape index (κ1) is 12.1. The van der Waals surface area contributed by atoms with Gasteiger partial charge >= 0.3 is 0 Å². The summed E-state index contributed by atoms with van der Waals surface area (Å²) in [6.45, 7) is 0.888. The maximum absolute atomic E-state index is 5.52. The minimum absolute atomic E-state index is 0.370. The molecule has 2 heterocycles. The van der Waals surface area contributed by atoms with E-state index in [9.17, 15) is 0 Å². The number of nitrogen functional groups attached to an aromatic ring is 1. The molecule has 0 amide bonds. The molecule has 2 aromatic rings. The fourth-order valence-electron chi connectivity index (χ4n) is 2.84. The molecular weight excluding hydrogens is 242 g/mol. The van der Waals surface area contributed by atoms with Gasteiger partial charge < -0.3 is 5.73 Å². The van der Waals surface area contributed by atoms with E-state index in [4.69, 9.17) is 10.3 Å². The molecule has 0 aliphatic heterocycles. The van der Waals surface area contributed by atoms with Gasteiger partial charge in [-0.25, -0.2) is 9.97 Å². The summed E-state index contributed by atoms with van der Waals surface area (Å²) in [5.41, 5.74) is 6.78. The standard InChI is InChI=1S/C13H18N5O/c14-13-8-18(17-19-13)7-10-1-3-11(4-2-10)12-5-15-9-16-6-12/h5-6,8-11H,1-4,7,14H2/q+1. The maximum atomic E-state index is 5.52. The number of nitrogens with two attached hydrogens (primary N) is 1. The number of anilines is 1. The maximum Gasteiger partial charge on any atom is 0.293 e.